The highest BCUT2D eigenvalue weighted by atomic mass is 16.3. The molecule has 3 heterocycles. The first-order valence-corrected chi connectivity index (χ1v) is 8.48. The molecular weight excluding hydrogens is 290 g/mol. The van der Waals surface area contributed by atoms with Gasteiger partial charge in [-0.25, -0.2) is 0 Å². The number of amides is 1. The lowest BCUT2D eigenvalue weighted by atomic mass is 10.0. The summed E-state index contributed by atoms with van der Waals surface area (Å²) in [6, 6.07) is 6.29. The van der Waals surface area contributed by atoms with Crippen LogP contribution in [0.2, 0.25) is 0 Å². The predicted octanol–water partition coefficient (Wildman–Crippen LogP) is 3.06. The molecule has 1 saturated carbocycles. The van der Waals surface area contributed by atoms with Crippen molar-refractivity contribution in [1.82, 2.24) is 14.7 Å². The van der Waals surface area contributed by atoms with Crippen molar-refractivity contribution in [2.45, 2.75) is 45.1 Å². The standard InChI is InChI=1S/C18H23N3O2/c1-12-9-13(2)21(19-12)14-5-3-7-20(11-14)18(22)16-10-15(16)17-6-4-8-23-17/h4,6,8-9,14-16H,3,5,7,10-11H2,1-2H3/t14-,15-,16+/m1/s1. The molecule has 2 aromatic heterocycles. The Balaban J connectivity index is 1.44. The Morgan fingerprint density at radius 1 is 1.39 bits per heavy atom. The highest BCUT2D eigenvalue weighted by molar-refractivity contribution is 5.83. The molecule has 0 radical (unpaired) electrons. The van der Waals surface area contributed by atoms with Gasteiger partial charge in [-0.3, -0.25) is 9.48 Å². The van der Waals surface area contributed by atoms with Crippen molar-refractivity contribution in [2.75, 3.05) is 13.1 Å². The normalized spacial score (nSPS) is 27.2. The number of hydrogen-bond donors (Lipinski definition) is 0. The van der Waals surface area contributed by atoms with Crippen molar-refractivity contribution < 1.29 is 9.21 Å². The second-order valence-electron chi connectivity index (χ2n) is 6.92. The van der Waals surface area contributed by atoms with Gasteiger partial charge in [0, 0.05) is 30.6 Å². The van der Waals surface area contributed by atoms with Gasteiger partial charge in [0.2, 0.25) is 5.91 Å². The number of aromatic nitrogens is 2. The summed E-state index contributed by atoms with van der Waals surface area (Å²) in [7, 11) is 0. The highest BCUT2D eigenvalue weighted by Gasteiger charge is 2.48. The van der Waals surface area contributed by atoms with E-state index >= 15 is 0 Å². The van der Waals surface area contributed by atoms with Gasteiger partial charge in [0.25, 0.3) is 0 Å². The Bertz CT molecular complexity index is 704. The molecule has 0 bridgehead atoms. The average Bonchev–Trinajstić information content (AvgIpc) is 2.99. The summed E-state index contributed by atoms with van der Waals surface area (Å²) in [5, 5.41) is 4.61. The number of carbonyl (C=O) groups is 1. The van der Waals surface area contributed by atoms with Crippen LogP contribution in [0.15, 0.2) is 28.9 Å². The lowest BCUT2D eigenvalue weighted by Crippen LogP contribution is -2.42. The molecule has 122 valence electrons. The topological polar surface area (TPSA) is 51.3 Å². The molecule has 5 nitrogen and oxygen atoms in total. The van der Waals surface area contributed by atoms with Crippen LogP contribution in [0.4, 0.5) is 0 Å². The quantitative estimate of drug-likeness (QED) is 0.875. The van der Waals surface area contributed by atoms with E-state index < -0.39 is 0 Å². The Labute approximate surface area is 136 Å². The summed E-state index contributed by atoms with van der Waals surface area (Å²) in [6.07, 6.45) is 4.76. The van der Waals surface area contributed by atoms with Crippen LogP contribution in [-0.4, -0.2) is 33.7 Å². The molecule has 0 N–H and O–H groups in total. The molecule has 0 unspecified atom stereocenters. The van der Waals surface area contributed by atoms with Gasteiger partial charge >= 0.3 is 0 Å². The van der Waals surface area contributed by atoms with Crippen molar-refractivity contribution in [3.05, 3.63) is 41.6 Å². The third-order valence-corrected chi connectivity index (χ3v) is 5.11. The van der Waals surface area contributed by atoms with Crippen LogP contribution < -0.4 is 0 Å². The van der Waals surface area contributed by atoms with E-state index in [9.17, 15) is 4.79 Å². The molecule has 2 aliphatic rings. The van der Waals surface area contributed by atoms with Gasteiger partial charge in [-0.05, 0) is 51.3 Å². The minimum absolute atomic E-state index is 0.111. The lowest BCUT2D eigenvalue weighted by Gasteiger charge is -2.33. The van der Waals surface area contributed by atoms with Crippen LogP contribution in [-0.2, 0) is 4.79 Å². The van der Waals surface area contributed by atoms with Gasteiger partial charge in [0.15, 0.2) is 0 Å². The van der Waals surface area contributed by atoms with Crippen LogP contribution in [0.25, 0.3) is 0 Å². The van der Waals surface area contributed by atoms with E-state index in [-0.39, 0.29) is 17.7 Å². The number of rotatable bonds is 3. The molecule has 4 rings (SSSR count). The van der Waals surface area contributed by atoms with Crippen LogP contribution >= 0.6 is 0 Å². The zero-order valence-electron chi connectivity index (χ0n) is 13.7. The summed E-state index contributed by atoms with van der Waals surface area (Å²) >= 11 is 0. The van der Waals surface area contributed by atoms with E-state index in [1.165, 1.54) is 5.69 Å². The number of nitrogens with zero attached hydrogens (tertiary/aromatic N) is 3. The molecule has 5 heteroatoms. The summed E-state index contributed by atoms with van der Waals surface area (Å²) < 4.78 is 7.55. The molecule has 2 aromatic rings. The average molecular weight is 313 g/mol. The van der Waals surface area contributed by atoms with Gasteiger partial charge in [-0.15, -0.1) is 0 Å². The number of likely N-dealkylation sites (tertiary alicyclic amines) is 1. The van der Waals surface area contributed by atoms with Gasteiger partial charge < -0.3 is 9.32 Å². The van der Waals surface area contributed by atoms with Gasteiger partial charge in [-0.1, -0.05) is 0 Å². The van der Waals surface area contributed by atoms with Crippen LogP contribution in [0.5, 0.6) is 0 Å². The fourth-order valence-electron chi connectivity index (χ4n) is 3.89. The Morgan fingerprint density at radius 3 is 2.96 bits per heavy atom. The minimum atomic E-state index is 0.111. The Kier molecular flexibility index (Phi) is 3.51. The second kappa shape index (κ2) is 5.55. The van der Waals surface area contributed by atoms with Crippen LogP contribution in [0, 0.1) is 19.8 Å². The van der Waals surface area contributed by atoms with E-state index in [0.717, 1.165) is 43.8 Å². The molecule has 0 spiro atoms. The molecular formula is C18H23N3O2. The maximum Gasteiger partial charge on any atom is 0.226 e. The van der Waals surface area contributed by atoms with E-state index in [1.54, 1.807) is 6.26 Å². The minimum Gasteiger partial charge on any atom is -0.469 e. The summed E-state index contributed by atoms with van der Waals surface area (Å²) in [5.74, 6) is 1.64. The third kappa shape index (κ3) is 2.69. The first kappa shape index (κ1) is 14.5. The Morgan fingerprint density at radius 2 is 2.26 bits per heavy atom. The fourth-order valence-corrected chi connectivity index (χ4v) is 3.89. The van der Waals surface area contributed by atoms with Gasteiger partial charge in [0.05, 0.1) is 18.0 Å². The molecule has 1 saturated heterocycles. The largest absolute Gasteiger partial charge is 0.469 e. The molecule has 1 aliphatic heterocycles. The molecule has 2 fully saturated rings. The third-order valence-electron chi connectivity index (χ3n) is 5.11. The number of hydrogen-bond acceptors (Lipinski definition) is 3. The zero-order valence-corrected chi connectivity index (χ0v) is 13.7. The zero-order chi connectivity index (χ0) is 16.0. The van der Waals surface area contributed by atoms with Gasteiger partial charge in [-0.2, -0.15) is 5.10 Å². The predicted molar refractivity (Wildman–Crippen MR) is 86.1 cm³/mol. The maximum absolute atomic E-state index is 12.8. The summed E-state index contributed by atoms with van der Waals surface area (Å²) in [5.41, 5.74) is 2.23. The SMILES string of the molecule is Cc1cc(C)n([C@@H]2CCCN(C(=O)[C@H]3C[C@H]3c3ccco3)C2)n1. The van der Waals surface area contributed by atoms with Crippen molar-refractivity contribution in [1.29, 1.82) is 0 Å². The summed E-state index contributed by atoms with van der Waals surface area (Å²) in [6.45, 7) is 5.76. The first-order chi connectivity index (χ1) is 11.1. The van der Waals surface area contributed by atoms with E-state index in [4.69, 9.17) is 4.42 Å². The molecule has 1 amide bonds. The summed E-state index contributed by atoms with van der Waals surface area (Å²) in [4.78, 5) is 14.8. The molecule has 3 atom stereocenters. The second-order valence-corrected chi connectivity index (χ2v) is 6.92. The van der Waals surface area contributed by atoms with Crippen molar-refractivity contribution in [3.8, 4) is 0 Å². The van der Waals surface area contributed by atoms with Crippen molar-refractivity contribution >= 4 is 5.91 Å². The van der Waals surface area contributed by atoms with Crippen molar-refractivity contribution in [2.24, 2.45) is 5.92 Å². The van der Waals surface area contributed by atoms with Crippen LogP contribution in [0.1, 0.15) is 48.4 Å². The lowest BCUT2D eigenvalue weighted by molar-refractivity contribution is -0.134. The first-order valence-electron chi connectivity index (χ1n) is 8.48. The maximum atomic E-state index is 12.8. The fraction of sp³-hybridized carbons (Fsp3) is 0.556. The van der Waals surface area contributed by atoms with E-state index in [2.05, 4.69) is 22.8 Å². The highest BCUT2D eigenvalue weighted by Crippen LogP contribution is 2.49. The monoisotopic (exact) mass is 313 g/mol. The molecule has 1 aliphatic carbocycles. The van der Waals surface area contributed by atoms with Gasteiger partial charge in [0.1, 0.15) is 5.76 Å². The molecule has 0 aromatic carbocycles. The Hall–Kier alpha value is -2.04. The van der Waals surface area contributed by atoms with Crippen molar-refractivity contribution in [3.63, 3.8) is 0 Å². The van der Waals surface area contributed by atoms with Crippen LogP contribution in [0.3, 0.4) is 0 Å². The van der Waals surface area contributed by atoms with E-state index in [1.807, 2.05) is 24.0 Å². The number of aryl methyl sites for hydroxylation is 2. The van der Waals surface area contributed by atoms with E-state index in [0.29, 0.717) is 6.04 Å². The number of furan rings is 1. The smallest absolute Gasteiger partial charge is 0.226 e. The molecule has 23 heavy (non-hydrogen) atoms. The number of piperidine rings is 1. The number of carbonyl (C=O) groups excluding carboxylic acids is 1.